The first-order chi connectivity index (χ1) is 14.5. The summed E-state index contributed by atoms with van der Waals surface area (Å²) in [4.78, 5) is 6.90. The van der Waals surface area contributed by atoms with Crippen molar-refractivity contribution >= 4 is 51.9 Å². The van der Waals surface area contributed by atoms with Crippen molar-refractivity contribution in [3.05, 3.63) is 11.6 Å². The lowest BCUT2D eigenvalue weighted by molar-refractivity contribution is 0.410. The number of methoxy groups -OCH3 is 1. The number of benzene rings is 1. The van der Waals surface area contributed by atoms with Crippen LogP contribution in [0.2, 0.25) is 0 Å². The number of ether oxygens (including phenoxy) is 1. The number of alkyl halides is 3. The van der Waals surface area contributed by atoms with Gasteiger partial charge in [0.25, 0.3) is 0 Å². The van der Waals surface area contributed by atoms with E-state index < -0.39 is 3.79 Å². The molecule has 1 radical (unpaired) electrons. The molecule has 3 saturated heterocycles. The van der Waals surface area contributed by atoms with Crippen LogP contribution >= 0.6 is 34.8 Å². The van der Waals surface area contributed by atoms with Crippen LogP contribution in [-0.2, 0) is 3.79 Å². The van der Waals surface area contributed by atoms with Gasteiger partial charge in [-0.05, 0) is 0 Å². The molecule has 0 saturated carbocycles. The van der Waals surface area contributed by atoms with Gasteiger partial charge >= 0.3 is 0 Å². The summed E-state index contributed by atoms with van der Waals surface area (Å²) in [7, 11) is 1.70. The molecule has 3 aliphatic heterocycles. The van der Waals surface area contributed by atoms with E-state index in [0.29, 0.717) is 5.56 Å². The van der Waals surface area contributed by atoms with Crippen LogP contribution in [0.4, 0.5) is 17.1 Å². The van der Waals surface area contributed by atoms with Gasteiger partial charge in [0.2, 0.25) is 3.79 Å². The van der Waals surface area contributed by atoms with Gasteiger partial charge in [0.1, 0.15) is 0 Å². The molecule has 0 amide bonds. The van der Waals surface area contributed by atoms with E-state index in [-0.39, 0.29) is 0 Å². The highest BCUT2D eigenvalue weighted by atomic mass is 35.6. The summed E-state index contributed by atoms with van der Waals surface area (Å²) in [6, 6.07) is 3.63. The monoisotopic (exact) mass is 475 g/mol. The molecule has 1 aromatic carbocycles. The fourth-order valence-corrected chi connectivity index (χ4v) is 5.00. The molecule has 3 heterocycles. The molecular weight excluding hydrogens is 447 g/mol. The Hall–Kier alpha value is -0.830. The fraction of sp³-hybridized carbons (Fsp3) is 0.700. The molecule has 3 aliphatic rings. The van der Waals surface area contributed by atoms with Gasteiger partial charge in [-0.2, -0.15) is 0 Å². The predicted molar refractivity (Wildman–Crippen MR) is 126 cm³/mol. The van der Waals surface area contributed by atoms with E-state index in [2.05, 4.69) is 36.7 Å². The third-order valence-electron chi connectivity index (χ3n) is 5.93. The number of hydrogen-bond donors (Lipinski definition) is 3. The standard InChI is InChI=1S/C20H30Cl3N6O/c1-30-19-16(28-10-4-25-5-11-28)14-15(27-8-2-24-3-9-27)17(20(21,22)23)18(19)29-12-6-26-7-13-29/h24-26H,2-13H2,1H3. The van der Waals surface area contributed by atoms with Crippen LogP contribution in [0, 0.1) is 6.07 Å². The Kier molecular flexibility index (Phi) is 7.27. The first-order valence-corrected chi connectivity index (χ1v) is 11.8. The molecule has 3 fully saturated rings. The maximum absolute atomic E-state index is 6.62. The summed E-state index contributed by atoms with van der Waals surface area (Å²) in [6.45, 7) is 10.5. The van der Waals surface area contributed by atoms with Crippen molar-refractivity contribution in [3.63, 3.8) is 0 Å². The van der Waals surface area contributed by atoms with E-state index in [4.69, 9.17) is 39.5 Å². The summed E-state index contributed by atoms with van der Waals surface area (Å²) >= 11 is 19.9. The van der Waals surface area contributed by atoms with Crippen LogP contribution in [0.3, 0.4) is 0 Å². The molecule has 167 valence electrons. The molecule has 1 aromatic rings. The van der Waals surface area contributed by atoms with Crippen molar-refractivity contribution in [2.45, 2.75) is 3.79 Å². The number of nitrogens with zero attached hydrogens (tertiary/aromatic N) is 3. The number of nitrogens with one attached hydrogen (secondary N) is 3. The Bertz CT molecular complexity index is 726. The Labute approximate surface area is 193 Å². The van der Waals surface area contributed by atoms with Crippen molar-refractivity contribution in [1.82, 2.24) is 16.0 Å². The van der Waals surface area contributed by atoms with Gasteiger partial charge in [-0.1, -0.05) is 34.8 Å². The minimum absolute atomic E-state index is 0.673. The maximum atomic E-state index is 6.62. The van der Waals surface area contributed by atoms with E-state index in [9.17, 15) is 0 Å². The molecular formula is C20H30Cl3N6O. The summed E-state index contributed by atoms with van der Waals surface area (Å²) in [6.07, 6.45) is 0. The molecule has 0 atom stereocenters. The summed E-state index contributed by atoms with van der Waals surface area (Å²) in [5, 5.41) is 10.2. The molecule has 10 heteroatoms. The van der Waals surface area contributed by atoms with Crippen LogP contribution in [0.25, 0.3) is 0 Å². The molecule has 0 bridgehead atoms. The van der Waals surface area contributed by atoms with E-state index in [1.54, 1.807) is 7.11 Å². The van der Waals surface area contributed by atoms with Crippen molar-refractivity contribution in [1.29, 1.82) is 0 Å². The lowest BCUT2D eigenvalue weighted by Crippen LogP contribution is -2.47. The van der Waals surface area contributed by atoms with Gasteiger partial charge in [0.15, 0.2) is 5.75 Å². The first kappa shape index (κ1) is 22.4. The molecule has 0 unspecified atom stereocenters. The highest BCUT2D eigenvalue weighted by Crippen LogP contribution is 2.54. The Morgan fingerprint density at radius 1 is 0.733 bits per heavy atom. The average molecular weight is 477 g/mol. The molecule has 0 aliphatic carbocycles. The molecule has 0 spiro atoms. The number of rotatable bonds is 4. The van der Waals surface area contributed by atoms with E-state index in [1.165, 1.54) is 0 Å². The van der Waals surface area contributed by atoms with Crippen LogP contribution in [0.1, 0.15) is 5.56 Å². The third kappa shape index (κ3) is 4.66. The molecule has 0 aromatic heterocycles. The van der Waals surface area contributed by atoms with Crippen LogP contribution in [0.15, 0.2) is 0 Å². The van der Waals surface area contributed by atoms with Crippen LogP contribution < -0.4 is 35.4 Å². The number of hydrogen-bond acceptors (Lipinski definition) is 7. The van der Waals surface area contributed by atoms with E-state index in [1.807, 2.05) is 0 Å². The largest absolute Gasteiger partial charge is 0.492 e. The quantitative estimate of drug-likeness (QED) is 0.570. The third-order valence-corrected chi connectivity index (χ3v) is 6.49. The Balaban J connectivity index is 1.92. The zero-order chi connectivity index (χ0) is 21.1. The van der Waals surface area contributed by atoms with Gasteiger partial charge in [-0.3, -0.25) is 0 Å². The Morgan fingerprint density at radius 2 is 1.17 bits per heavy atom. The second-order valence-corrected chi connectivity index (χ2v) is 10.1. The second kappa shape index (κ2) is 9.76. The smallest absolute Gasteiger partial charge is 0.220 e. The summed E-state index contributed by atoms with van der Waals surface area (Å²) in [5.41, 5.74) is 3.39. The molecule has 30 heavy (non-hydrogen) atoms. The molecule has 4 rings (SSSR count). The number of halogens is 3. The topological polar surface area (TPSA) is 55.0 Å². The van der Waals surface area contributed by atoms with Crippen molar-refractivity contribution < 1.29 is 4.74 Å². The minimum atomic E-state index is -1.59. The summed E-state index contributed by atoms with van der Waals surface area (Å²) < 4.78 is 4.41. The zero-order valence-corrected chi connectivity index (χ0v) is 19.6. The highest BCUT2D eigenvalue weighted by Gasteiger charge is 2.38. The predicted octanol–water partition coefficient (Wildman–Crippen LogP) is 1.55. The second-order valence-electron chi connectivity index (χ2n) is 7.79. The van der Waals surface area contributed by atoms with Gasteiger partial charge in [-0.15, -0.1) is 0 Å². The lowest BCUT2D eigenvalue weighted by Gasteiger charge is -2.40. The van der Waals surface area contributed by atoms with Gasteiger partial charge in [0, 0.05) is 84.6 Å². The minimum Gasteiger partial charge on any atom is -0.492 e. The van der Waals surface area contributed by atoms with Crippen molar-refractivity contribution in [3.8, 4) is 5.75 Å². The number of anilines is 3. The van der Waals surface area contributed by atoms with Crippen LogP contribution in [0.5, 0.6) is 5.75 Å². The van der Waals surface area contributed by atoms with Gasteiger partial charge in [-0.25, -0.2) is 0 Å². The Morgan fingerprint density at radius 3 is 1.60 bits per heavy atom. The lowest BCUT2D eigenvalue weighted by atomic mass is 10.0. The van der Waals surface area contributed by atoms with E-state index >= 15 is 0 Å². The van der Waals surface area contributed by atoms with E-state index in [0.717, 1.165) is 101 Å². The van der Waals surface area contributed by atoms with Gasteiger partial charge < -0.3 is 35.4 Å². The van der Waals surface area contributed by atoms with Crippen molar-refractivity contribution in [2.24, 2.45) is 0 Å². The average Bonchev–Trinajstić information content (AvgIpc) is 2.78. The van der Waals surface area contributed by atoms with Gasteiger partial charge in [0.05, 0.1) is 29.7 Å². The molecule has 3 N–H and O–H groups in total. The zero-order valence-electron chi connectivity index (χ0n) is 17.4. The van der Waals surface area contributed by atoms with Crippen molar-refractivity contribution in [2.75, 3.05) is 100 Å². The molecule has 7 nitrogen and oxygen atoms in total. The normalized spacial score (nSPS) is 21.1. The first-order valence-electron chi connectivity index (χ1n) is 10.6. The summed E-state index contributed by atoms with van der Waals surface area (Å²) in [5.74, 6) is 0.749. The highest BCUT2D eigenvalue weighted by molar-refractivity contribution is 6.67. The maximum Gasteiger partial charge on any atom is 0.220 e. The SMILES string of the molecule is COc1c(N2CCNCC2)[c]c(N2CCNCC2)c(C(Cl)(Cl)Cl)c1N1CCNCC1. The number of piperazine rings is 3. The van der Waals surface area contributed by atoms with Crippen LogP contribution in [-0.4, -0.2) is 85.6 Å². The fourth-order valence-electron chi connectivity index (χ4n) is 4.46.